The maximum atomic E-state index is 12.8. The van der Waals surface area contributed by atoms with E-state index in [1.54, 1.807) is 14.2 Å². The van der Waals surface area contributed by atoms with Crippen LogP contribution in [0.4, 0.5) is 0 Å². The van der Waals surface area contributed by atoms with Crippen molar-refractivity contribution in [2.45, 2.75) is 39.5 Å². The van der Waals surface area contributed by atoms with E-state index < -0.39 is 0 Å². The number of carbonyl (C=O) groups excluding carboxylic acids is 2. The van der Waals surface area contributed by atoms with Gasteiger partial charge in [-0.25, -0.2) is 0 Å². The molecule has 0 bridgehead atoms. The van der Waals surface area contributed by atoms with Crippen LogP contribution >= 0.6 is 0 Å². The van der Waals surface area contributed by atoms with Crippen LogP contribution in [-0.2, 0) is 9.59 Å². The highest BCUT2D eigenvalue weighted by Gasteiger charge is 2.41. The highest BCUT2D eigenvalue weighted by atomic mass is 16.5. The van der Waals surface area contributed by atoms with Crippen molar-refractivity contribution in [3.63, 3.8) is 0 Å². The fourth-order valence-corrected chi connectivity index (χ4v) is 3.65. The molecular formula is C21H32N2O4. The van der Waals surface area contributed by atoms with Gasteiger partial charge < -0.3 is 19.7 Å². The van der Waals surface area contributed by atoms with Crippen molar-refractivity contribution < 1.29 is 19.1 Å². The molecule has 2 atom stereocenters. The lowest BCUT2D eigenvalue weighted by Gasteiger charge is -2.21. The second-order valence-corrected chi connectivity index (χ2v) is 7.48. The second-order valence-electron chi connectivity index (χ2n) is 7.48. The maximum absolute atomic E-state index is 12.8. The van der Waals surface area contributed by atoms with Gasteiger partial charge in [-0.1, -0.05) is 32.9 Å². The lowest BCUT2D eigenvalue weighted by Crippen LogP contribution is -2.36. The Morgan fingerprint density at radius 3 is 2.56 bits per heavy atom. The third kappa shape index (κ3) is 4.93. The summed E-state index contributed by atoms with van der Waals surface area (Å²) in [5, 5.41) is 2.99. The minimum absolute atomic E-state index is 0.00781. The molecule has 0 saturated carbocycles. The smallest absolute Gasteiger partial charge is 0.225 e. The fraction of sp³-hybridized carbons (Fsp3) is 0.619. The van der Waals surface area contributed by atoms with Gasteiger partial charge in [-0.2, -0.15) is 0 Å². The monoisotopic (exact) mass is 376 g/mol. The van der Waals surface area contributed by atoms with Gasteiger partial charge in [-0.15, -0.1) is 0 Å². The summed E-state index contributed by atoms with van der Waals surface area (Å²) in [4.78, 5) is 27.3. The molecule has 1 N–H and O–H groups in total. The van der Waals surface area contributed by atoms with Crippen molar-refractivity contribution in [3.8, 4) is 11.5 Å². The summed E-state index contributed by atoms with van der Waals surface area (Å²) in [7, 11) is 3.20. The van der Waals surface area contributed by atoms with Crippen molar-refractivity contribution in [1.82, 2.24) is 10.2 Å². The number of carbonyl (C=O) groups is 2. The van der Waals surface area contributed by atoms with Crippen LogP contribution in [-0.4, -0.2) is 50.6 Å². The molecule has 1 aliphatic heterocycles. The number of rotatable bonds is 8. The standard InChI is InChI=1S/C21H32N2O4/c1-6-10-22-21(25)17-13-23(19(24)11-14(2)3)12-16(17)15-8-7-9-18(26-4)20(15)27-5/h7-9,14,16-17H,6,10-13H2,1-5H3,(H,22,25). The van der Waals surface area contributed by atoms with Gasteiger partial charge in [0.2, 0.25) is 11.8 Å². The summed E-state index contributed by atoms with van der Waals surface area (Å²) >= 11 is 0. The number of nitrogens with one attached hydrogen (secondary N) is 1. The quantitative estimate of drug-likeness (QED) is 0.758. The molecule has 0 radical (unpaired) electrons. The van der Waals surface area contributed by atoms with Gasteiger partial charge >= 0.3 is 0 Å². The Labute approximate surface area is 162 Å². The average Bonchev–Trinajstić information content (AvgIpc) is 3.10. The minimum Gasteiger partial charge on any atom is -0.493 e. The molecule has 2 rings (SSSR count). The van der Waals surface area contributed by atoms with Crippen LogP contribution in [0.5, 0.6) is 11.5 Å². The molecule has 6 nitrogen and oxygen atoms in total. The Kier molecular flexibility index (Phi) is 7.51. The second kappa shape index (κ2) is 9.62. The van der Waals surface area contributed by atoms with Crippen LogP contribution in [0.1, 0.15) is 45.1 Å². The van der Waals surface area contributed by atoms with Crippen LogP contribution in [0.15, 0.2) is 18.2 Å². The summed E-state index contributed by atoms with van der Waals surface area (Å²) in [6, 6.07) is 5.70. The molecule has 1 heterocycles. The van der Waals surface area contributed by atoms with Crippen LogP contribution in [0, 0.1) is 11.8 Å². The Morgan fingerprint density at radius 1 is 1.22 bits per heavy atom. The normalized spacial score (nSPS) is 19.3. The molecule has 0 aromatic heterocycles. The number of hydrogen-bond donors (Lipinski definition) is 1. The molecule has 2 amide bonds. The first kappa shape index (κ1) is 21.1. The van der Waals surface area contributed by atoms with Gasteiger partial charge in [-0.05, 0) is 18.4 Å². The molecule has 0 spiro atoms. The summed E-state index contributed by atoms with van der Waals surface area (Å²) in [6.45, 7) is 7.67. The number of hydrogen-bond acceptors (Lipinski definition) is 4. The Bertz CT molecular complexity index is 660. The van der Waals surface area contributed by atoms with E-state index in [4.69, 9.17) is 9.47 Å². The number of para-hydroxylation sites is 1. The van der Waals surface area contributed by atoms with Crippen LogP contribution in [0.3, 0.4) is 0 Å². The van der Waals surface area contributed by atoms with Crippen molar-refractivity contribution in [1.29, 1.82) is 0 Å². The molecule has 27 heavy (non-hydrogen) atoms. The van der Waals surface area contributed by atoms with E-state index in [2.05, 4.69) is 5.32 Å². The largest absolute Gasteiger partial charge is 0.493 e. The number of likely N-dealkylation sites (tertiary alicyclic amines) is 1. The first-order valence-corrected chi connectivity index (χ1v) is 9.69. The lowest BCUT2D eigenvalue weighted by atomic mass is 9.87. The summed E-state index contributed by atoms with van der Waals surface area (Å²) in [5.41, 5.74) is 0.911. The van der Waals surface area contributed by atoms with Crippen LogP contribution in [0.25, 0.3) is 0 Å². The highest BCUT2D eigenvalue weighted by molar-refractivity contribution is 5.83. The molecule has 1 fully saturated rings. The van der Waals surface area contributed by atoms with Gasteiger partial charge in [0.1, 0.15) is 0 Å². The zero-order valence-corrected chi connectivity index (χ0v) is 17.1. The number of methoxy groups -OCH3 is 2. The summed E-state index contributed by atoms with van der Waals surface area (Å²) in [5.74, 6) is 1.23. The summed E-state index contributed by atoms with van der Waals surface area (Å²) in [6.07, 6.45) is 1.37. The van der Waals surface area contributed by atoms with E-state index in [0.717, 1.165) is 12.0 Å². The molecule has 6 heteroatoms. The van der Waals surface area contributed by atoms with Gasteiger partial charge in [0.15, 0.2) is 11.5 Å². The molecular weight excluding hydrogens is 344 g/mol. The first-order chi connectivity index (χ1) is 12.9. The third-order valence-electron chi connectivity index (χ3n) is 4.97. The molecule has 150 valence electrons. The SMILES string of the molecule is CCCNC(=O)C1CN(C(=O)CC(C)C)CC1c1cccc(OC)c1OC. The maximum Gasteiger partial charge on any atom is 0.225 e. The van der Waals surface area contributed by atoms with E-state index in [-0.39, 0.29) is 29.6 Å². The molecule has 1 saturated heterocycles. The lowest BCUT2D eigenvalue weighted by molar-refractivity contribution is -0.131. The Hall–Kier alpha value is -2.24. The number of benzene rings is 1. The Morgan fingerprint density at radius 2 is 1.96 bits per heavy atom. The number of nitrogens with zero attached hydrogens (tertiary/aromatic N) is 1. The van der Waals surface area contributed by atoms with Crippen molar-refractivity contribution >= 4 is 11.8 Å². The Balaban J connectivity index is 2.35. The van der Waals surface area contributed by atoms with E-state index in [0.29, 0.717) is 37.6 Å². The van der Waals surface area contributed by atoms with Crippen LogP contribution < -0.4 is 14.8 Å². The summed E-state index contributed by atoms with van der Waals surface area (Å²) < 4.78 is 11.0. The van der Waals surface area contributed by atoms with Crippen molar-refractivity contribution in [3.05, 3.63) is 23.8 Å². The van der Waals surface area contributed by atoms with Gasteiger partial charge in [-0.3, -0.25) is 9.59 Å². The van der Waals surface area contributed by atoms with E-state index >= 15 is 0 Å². The topological polar surface area (TPSA) is 67.9 Å². The zero-order chi connectivity index (χ0) is 20.0. The molecule has 2 unspecified atom stereocenters. The number of ether oxygens (including phenoxy) is 2. The molecule has 0 aliphatic carbocycles. The van der Waals surface area contributed by atoms with Crippen LogP contribution in [0.2, 0.25) is 0 Å². The minimum atomic E-state index is -0.298. The first-order valence-electron chi connectivity index (χ1n) is 9.69. The molecule has 1 aromatic rings. The fourth-order valence-electron chi connectivity index (χ4n) is 3.65. The van der Waals surface area contributed by atoms with Gasteiger partial charge in [0, 0.05) is 37.5 Å². The zero-order valence-electron chi connectivity index (χ0n) is 17.1. The van der Waals surface area contributed by atoms with Gasteiger partial charge in [0.25, 0.3) is 0 Å². The van der Waals surface area contributed by atoms with E-state index in [9.17, 15) is 9.59 Å². The molecule has 1 aliphatic rings. The predicted octanol–water partition coefficient (Wildman–Crippen LogP) is 2.82. The highest BCUT2D eigenvalue weighted by Crippen LogP contribution is 2.42. The van der Waals surface area contributed by atoms with Crippen molar-refractivity contribution in [2.75, 3.05) is 33.9 Å². The molecule has 1 aromatic carbocycles. The van der Waals surface area contributed by atoms with E-state index in [1.807, 2.05) is 43.9 Å². The van der Waals surface area contributed by atoms with Crippen molar-refractivity contribution in [2.24, 2.45) is 11.8 Å². The third-order valence-corrected chi connectivity index (χ3v) is 4.97. The predicted molar refractivity (Wildman–Crippen MR) is 105 cm³/mol. The van der Waals surface area contributed by atoms with E-state index in [1.165, 1.54) is 0 Å². The number of amides is 2. The average molecular weight is 376 g/mol. The van der Waals surface area contributed by atoms with Gasteiger partial charge in [0.05, 0.1) is 20.1 Å².